The summed E-state index contributed by atoms with van der Waals surface area (Å²) in [5, 5.41) is 9.73. The molecule has 0 fully saturated rings. The first kappa shape index (κ1) is 32.3. The van der Waals surface area contributed by atoms with Crippen molar-refractivity contribution in [2.75, 3.05) is 0 Å². The molecular formula is C40H35N5O5. The van der Waals surface area contributed by atoms with Crippen LogP contribution in [0.4, 0.5) is 0 Å². The molecule has 10 heteroatoms. The molecule has 0 aliphatic heterocycles. The highest BCUT2D eigenvalue weighted by Gasteiger charge is 2.19. The van der Waals surface area contributed by atoms with Gasteiger partial charge in [-0.25, -0.2) is 14.8 Å². The van der Waals surface area contributed by atoms with Crippen molar-refractivity contribution in [3.63, 3.8) is 0 Å². The largest absolute Gasteiger partial charge is 0.423 e. The molecule has 5 aromatic carbocycles. The van der Waals surface area contributed by atoms with Crippen molar-refractivity contribution in [3.8, 4) is 28.3 Å². The molecule has 0 unspecified atom stereocenters. The van der Waals surface area contributed by atoms with Gasteiger partial charge in [-0.15, -0.1) is 10.1 Å². The maximum atomic E-state index is 13.3. The summed E-state index contributed by atoms with van der Waals surface area (Å²) >= 11 is 0. The maximum absolute atomic E-state index is 13.3. The number of carbonyl (C=O) groups is 1. The number of benzene rings is 5. The molecule has 7 rings (SSSR count). The Balaban J connectivity index is 1.17. The Morgan fingerprint density at radius 1 is 0.840 bits per heavy atom. The molecule has 0 bridgehead atoms. The van der Waals surface area contributed by atoms with Gasteiger partial charge in [0.15, 0.2) is 0 Å². The molecule has 0 spiro atoms. The molecule has 0 aliphatic carbocycles. The third kappa shape index (κ3) is 6.43. The van der Waals surface area contributed by atoms with E-state index in [1.54, 1.807) is 36.4 Å². The summed E-state index contributed by atoms with van der Waals surface area (Å²) in [5.41, 5.74) is 9.91. The number of para-hydroxylation sites is 2. The van der Waals surface area contributed by atoms with Gasteiger partial charge >= 0.3 is 5.97 Å². The van der Waals surface area contributed by atoms with Crippen LogP contribution in [0.3, 0.4) is 0 Å². The van der Waals surface area contributed by atoms with Crippen molar-refractivity contribution in [3.05, 3.63) is 147 Å². The number of hydrogen-bond acceptors (Lipinski definition) is 7. The molecule has 10 nitrogen and oxygen atoms in total. The van der Waals surface area contributed by atoms with E-state index >= 15 is 0 Å². The zero-order valence-corrected chi connectivity index (χ0v) is 28.0. The van der Waals surface area contributed by atoms with E-state index in [1.165, 1.54) is 0 Å². The number of aryl methyl sites for hydroxylation is 3. The van der Waals surface area contributed by atoms with E-state index in [0.717, 1.165) is 74.4 Å². The standard InChI is InChI=1S/C40H35N5O5/c1-4-10-37-42-38-26(2)21-30(39-41-34-15-7-8-16-35(34)43(39)3)23-36(38)44(37)24-27-17-19-29(20-18-27)32-13-5-6-14-33(32)40(46)50-31-12-9-11-28(22-31)25-49-45(47)48/h5-9,11-23H,4,10,24-25H2,1-3H3. The van der Waals surface area contributed by atoms with Gasteiger partial charge in [-0.2, -0.15) is 0 Å². The maximum Gasteiger partial charge on any atom is 0.344 e. The van der Waals surface area contributed by atoms with E-state index in [9.17, 15) is 14.9 Å². The Hall–Kier alpha value is -6.29. The van der Waals surface area contributed by atoms with Crippen molar-refractivity contribution in [1.82, 2.24) is 19.1 Å². The Labute approximate surface area is 288 Å². The smallest absolute Gasteiger partial charge is 0.344 e. The number of imidazole rings is 2. The highest BCUT2D eigenvalue weighted by molar-refractivity contribution is 5.98. The molecular weight excluding hydrogens is 630 g/mol. The lowest BCUT2D eigenvalue weighted by molar-refractivity contribution is -0.763. The first-order chi connectivity index (χ1) is 24.3. The van der Waals surface area contributed by atoms with Gasteiger partial charge < -0.3 is 18.7 Å². The molecule has 50 heavy (non-hydrogen) atoms. The number of nitrogens with zero attached hydrogens (tertiary/aromatic N) is 5. The van der Waals surface area contributed by atoms with Gasteiger partial charge in [-0.05, 0) is 83.6 Å². The minimum atomic E-state index is -0.857. The highest BCUT2D eigenvalue weighted by atomic mass is 16.9. The monoisotopic (exact) mass is 665 g/mol. The quantitative estimate of drug-likeness (QED) is 0.0589. The Morgan fingerprint density at radius 2 is 1.62 bits per heavy atom. The number of aromatic nitrogens is 4. The van der Waals surface area contributed by atoms with Crippen LogP contribution in [0, 0.1) is 17.0 Å². The van der Waals surface area contributed by atoms with Gasteiger partial charge in [-0.1, -0.05) is 73.7 Å². The number of rotatable bonds is 11. The molecule has 2 heterocycles. The highest BCUT2D eigenvalue weighted by Crippen LogP contribution is 2.31. The Kier molecular flexibility index (Phi) is 8.83. The molecule has 0 N–H and O–H groups in total. The number of esters is 1. The van der Waals surface area contributed by atoms with Crippen LogP contribution in [0.15, 0.2) is 109 Å². The van der Waals surface area contributed by atoms with Gasteiger partial charge in [0, 0.05) is 25.6 Å². The third-order valence-electron chi connectivity index (χ3n) is 8.84. The molecule has 250 valence electrons. The van der Waals surface area contributed by atoms with Gasteiger partial charge in [0.25, 0.3) is 5.09 Å². The SMILES string of the molecule is CCCc1nc2c(C)cc(-c3nc4ccccc4n3C)cc2n1Cc1ccc(-c2ccccc2C(=O)Oc2cccc(CO[N+](=O)[O-])c2)cc1. The van der Waals surface area contributed by atoms with Gasteiger partial charge in [0.05, 0.1) is 27.6 Å². The fourth-order valence-electron chi connectivity index (χ4n) is 6.44. The van der Waals surface area contributed by atoms with E-state index in [2.05, 4.69) is 65.2 Å². The molecule has 0 saturated heterocycles. The molecule has 0 radical (unpaired) electrons. The second-order valence-corrected chi connectivity index (χ2v) is 12.3. The van der Waals surface area contributed by atoms with Crippen LogP contribution in [-0.2, 0) is 31.5 Å². The normalized spacial score (nSPS) is 11.3. The summed E-state index contributed by atoms with van der Waals surface area (Å²) in [5.74, 6) is 1.70. The molecule has 0 atom stereocenters. The number of ether oxygens (including phenoxy) is 1. The van der Waals surface area contributed by atoms with Crippen LogP contribution >= 0.6 is 0 Å². The summed E-state index contributed by atoms with van der Waals surface area (Å²) in [6.45, 7) is 4.68. The lowest BCUT2D eigenvalue weighted by atomic mass is 9.98. The summed E-state index contributed by atoms with van der Waals surface area (Å²) in [7, 11) is 2.05. The third-order valence-corrected chi connectivity index (χ3v) is 8.84. The first-order valence-corrected chi connectivity index (χ1v) is 16.5. The first-order valence-electron chi connectivity index (χ1n) is 16.5. The number of fused-ring (bicyclic) bond motifs is 2. The zero-order chi connectivity index (χ0) is 34.8. The van der Waals surface area contributed by atoms with Crippen LogP contribution in [0.2, 0.25) is 0 Å². The molecule has 2 aromatic heterocycles. The van der Waals surface area contributed by atoms with Crippen molar-refractivity contribution >= 4 is 28.0 Å². The van der Waals surface area contributed by atoms with Gasteiger partial charge in [0.2, 0.25) is 0 Å². The average Bonchev–Trinajstić information content (AvgIpc) is 3.65. The van der Waals surface area contributed by atoms with E-state index in [-0.39, 0.29) is 12.4 Å². The van der Waals surface area contributed by atoms with Crippen LogP contribution in [0.5, 0.6) is 5.75 Å². The summed E-state index contributed by atoms with van der Waals surface area (Å²) < 4.78 is 10.1. The van der Waals surface area contributed by atoms with E-state index in [0.29, 0.717) is 17.7 Å². The predicted molar refractivity (Wildman–Crippen MR) is 192 cm³/mol. The van der Waals surface area contributed by atoms with Crippen molar-refractivity contribution in [2.24, 2.45) is 7.05 Å². The summed E-state index contributed by atoms with van der Waals surface area (Å²) in [6.07, 6.45) is 1.83. The molecule has 0 amide bonds. The fraction of sp³-hybridized carbons (Fsp3) is 0.175. The topological polar surface area (TPSA) is 114 Å². The Morgan fingerprint density at radius 3 is 2.40 bits per heavy atom. The average molecular weight is 666 g/mol. The lowest BCUT2D eigenvalue weighted by Crippen LogP contribution is -2.10. The fourth-order valence-corrected chi connectivity index (χ4v) is 6.44. The van der Waals surface area contributed by atoms with E-state index in [4.69, 9.17) is 14.7 Å². The van der Waals surface area contributed by atoms with E-state index < -0.39 is 11.1 Å². The van der Waals surface area contributed by atoms with E-state index in [1.807, 2.05) is 42.5 Å². The van der Waals surface area contributed by atoms with Crippen molar-refractivity contribution < 1.29 is 19.5 Å². The molecule has 0 saturated carbocycles. The van der Waals surface area contributed by atoms with Gasteiger partial charge in [-0.3, -0.25) is 0 Å². The van der Waals surface area contributed by atoms with Crippen LogP contribution in [0.1, 0.15) is 46.2 Å². The zero-order valence-electron chi connectivity index (χ0n) is 28.0. The summed E-state index contributed by atoms with van der Waals surface area (Å²) in [4.78, 5) is 38.4. The van der Waals surface area contributed by atoms with Crippen LogP contribution < -0.4 is 4.74 Å². The minimum Gasteiger partial charge on any atom is -0.423 e. The number of hydrogen-bond donors (Lipinski definition) is 0. The van der Waals surface area contributed by atoms with Crippen LogP contribution in [0.25, 0.3) is 44.6 Å². The second kappa shape index (κ2) is 13.7. The summed E-state index contributed by atoms with van der Waals surface area (Å²) in [6, 6.07) is 34.5. The van der Waals surface area contributed by atoms with Crippen LogP contribution in [-0.4, -0.2) is 30.2 Å². The Bertz CT molecular complexity index is 2370. The molecule has 0 aliphatic rings. The molecule has 7 aromatic rings. The van der Waals surface area contributed by atoms with Crippen molar-refractivity contribution in [1.29, 1.82) is 0 Å². The lowest BCUT2D eigenvalue weighted by Gasteiger charge is -2.13. The minimum absolute atomic E-state index is 0.238. The van der Waals surface area contributed by atoms with Gasteiger partial charge in [0.1, 0.15) is 24.0 Å². The predicted octanol–water partition coefficient (Wildman–Crippen LogP) is 8.49. The second-order valence-electron chi connectivity index (χ2n) is 12.3. The van der Waals surface area contributed by atoms with Crippen molar-refractivity contribution in [2.45, 2.75) is 39.8 Å². The number of carbonyl (C=O) groups excluding carboxylic acids is 1.